The number of carbonyl (C=O) groups excluding carboxylic acids is 1. The second kappa shape index (κ2) is 6.96. The minimum absolute atomic E-state index is 0.137. The molecular formula is C19H14F3N5OS. The molecule has 10 heteroatoms. The predicted octanol–water partition coefficient (Wildman–Crippen LogP) is 3.31. The number of nitrogens with two attached hydrogens (primary N) is 1. The summed E-state index contributed by atoms with van der Waals surface area (Å²) in [6, 6.07) is 6.30. The van der Waals surface area contributed by atoms with Gasteiger partial charge >= 0.3 is 0 Å². The number of guanidine groups is 1. The van der Waals surface area contributed by atoms with E-state index in [0.29, 0.717) is 11.3 Å². The summed E-state index contributed by atoms with van der Waals surface area (Å²) in [4.78, 5) is 26.7. The van der Waals surface area contributed by atoms with Crippen LogP contribution in [0, 0.1) is 5.82 Å². The Hall–Kier alpha value is -3.27. The first-order valence-electron chi connectivity index (χ1n) is 8.41. The predicted molar refractivity (Wildman–Crippen MR) is 102 cm³/mol. The standard InChI is InChI=1S/C19H14F3N5OS/c1-27-17(28)19(26-18(27)23,15-7-11(16(21)22)4-5-24-15)12-6-10(2-3-13(12)20)14-8-29-9-25-14/h2-9,16H,1H3,(H2,23,26). The third-order valence-corrected chi connectivity index (χ3v) is 5.32. The van der Waals surface area contributed by atoms with Crippen molar-refractivity contribution in [3.63, 3.8) is 0 Å². The van der Waals surface area contributed by atoms with Crippen molar-refractivity contribution >= 4 is 23.2 Å². The number of hydrogen-bond donors (Lipinski definition) is 1. The molecule has 148 valence electrons. The van der Waals surface area contributed by atoms with E-state index in [1.165, 1.54) is 36.6 Å². The van der Waals surface area contributed by atoms with Gasteiger partial charge in [0.15, 0.2) is 5.96 Å². The zero-order valence-electron chi connectivity index (χ0n) is 15.0. The highest BCUT2D eigenvalue weighted by molar-refractivity contribution is 7.07. The summed E-state index contributed by atoms with van der Waals surface area (Å²) in [7, 11) is 1.38. The highest BCUT2D eigenvalue weighted by Crippen LogP contribution is 2.41. The molecular weight excluding hydrogens is 403 g/mol. The fraction of sp³-hybridized carbons (Fsp3) is 0.158. The quantitative estimate of drug-likeness (QED) is 0.706. The lowest BCUT2D eigenvalue weighted by atomic mass is 9.84. The topological polar surface area (TPSA) is 84.5 Å². The molecule has 2 N–H and O–H groups in total. The molecule has 0 aliphatic carbocycles. The van der Waals surface area contributed by atoms with Gasteiger partial charge in [-0.25, -0.2) is 23.1 Å². The van der Waals surface area contributed by atoms with Crippen LogP contribution in [0.5, 0.6) is 0 Å². The Morgan fingerprint density at radius 3 is 2.62 bits per heavy atom. The first-order chi connectivity index (χ1) is 13.8. The maximum atomic E-state index is 15.0. The molecule has 1 aliphatic rings. The largest absolute Gasteiger partial charge is 0.369 e. The maximum absolute atomic E-state index is 15.0. The van der Waals surface area contributed by atoms with Crippen LogP contribution in [0.1, 0.15) is 23.2 Å². The van der Waals surface area contributed by atoms with Gasteiger partial charge in [0, 0.05) is 35.3 Å². The Bertz CT molecular complexity index is 1120. The smallest absolute Gasteiger partial charge is 0.268 e. The number of aliphatic imine (C=N–C) groups is 1. The molecule has 2 aromatic heterocycles. The van der Waals surface area contributed by atoms with Crippen LogP contribution in [0.25, 0.3) is 11.3 Å². The van der Waals surface area contributed by atoms with Crippen LogP contribution in [-0.4, -0.2) is 33.8 Å². The maximum Gasteiger partial charge on any atom is 0.268 e. The third kappa shape index (κ3) is 2.96. The molecule has 0 bridgehead atoms. The summed E-state index contributed by atoms with van der Waals surface area (Å²) in [6.45, 7) is 0. The van der Waals surface area contributed by atoms with Crippen molar-refractivity contribution in [2.24, 2.45) is 10.7 Å². The summed E-state index contributed by atoms with van der Waals surface area (Å²) in [5, 5.41) is 1.76. The molecule has 1 amide bonds. The van der Waals surface area contributed by atoms with Gasteiger partial charge in [-0.15, -0.1) is 11.3 Å². The Labute approximate surface area is 167 Å². The van der Waals surface area contributed by atoms with E-state index in [4.69, 9.17) is 5.73 Å². The van der Waals surface area contributed by atoms with Crippen LogP contribution in [0.15, 0.2) is 52.4 Å². The summed E-state index contributed by atoms with van der Waals surface area (Å²) < 4.78 is 41.6. The highest BCUT2D eigenvalue weighted by Gasteiger charge is 2.52. The Balaban J connectivity index is 2.00. The van der Waals surface area contributed by atoms with Crippen LogP contribution in [-0.2, 0) is 10.3 Å². The van der Waals surface area contributed by atoms with Gasteiger partial charge in [0.05, 0.1) is 16.9 Å². The van der Waals surface area contributed by atoms with E-state index in [0.717, 1.165) is 23.2 Å². The summed E-state index contributed by atoms with van der Waals surface area (Å²) in [5.41, 5.74) is 5.94. The van der Waals surface area contributed by atoms with Crippen LogP contribution >= 0.6 is 11.3 Å². The minimum atomic E-state index is -2.80. The monoisotopic (exact) mass is 417 g/mol. The van der Waals surface area contributed by atoms with Gasteiger partial charge < -0.3 is 5.73 Å². The number of alkyl halides is 2. The number of nitrogens with zero attached hydrogens (tertiary/aromatic N) is 4. The number of pyridine rings is 1. The molecule has 3 heterocycles. The number of carbonyl (C=O) groups is 1. The molecule has 1 unspecified atom stereocenters. The van der Waals surface area contributed by atoms with Gasteiger partial charge in [0.1, 0.15) is 5.82 Å². The Kier molecular flexibility index (Phi) is 4.58. The van der Waals surface area contributed by atoms with E-state index in [1.54, 1.807) is 10.9 Å². The number of aromatic nitrogens is 2. The number of likely N-dealkylation sites (N-methyl/N-ethyl adjacent to an activating group) is 1. The van der Waals surface area contributed by atoms with Crippen LogP contribution in [0.4, 0.5) is 13.2 Å². The summed E-state index contributed by atoms with van der Waals surface area (Å²) in [6.07, 6.45) is -1.66. The molecule has 3 aromatic rings. The number of hydrogen-bond acceptors (Lipinski definition) is 6. The number of amides is 1. The first-order valence-corrected chi connectivity index (χ1v) is 9.35. The number of benzene rings is 1. The average molecular weight is 417 g/mol. The van der Waals surface area contributed by atoms with Crippen molar-refractivity contribution in [3.8, 4) is 11.3 Å². The molecule has 0 fully saturated rings. The van der Waals surface area contributed by atoms with Crippen molar-refractivity contribution < 1.29 is 18.0 Å². The summed E-state index contributed by atoms with van der Waals surface area (Å²) >= 11 is 1.36. The van der Waals surface area contributed by atoms with E-state index in [1.807, 2.05) is 0 Å². The summed E-state index contributed by atoms with van der Waals surface area (Å²) in [5.74, 6) is -1.60. The zero-order valence-corrected chi connectivity index (χ0v) is 15.8. The SMILES string of the molecule is CN1C(=O)C(c2cc(C(F)F)ccn2)(c2cc(-c3cscn3)ccc2F)N=C1N. The van der Waals surface area contributed by atoms with Gasteiger partial charge in [0.25, 0.3) is 12.3 Å². The third-order valence-electron chi connectivity index (χ3n) is 4.73. The fourth-order valence-electron chi connectivity index (χ4n) is 3.22. The highest BCUT2D eigenvalue weighted by atomic mass is 32.1. The molecule has 4 rings (SSSR count). The molecule has 0 saturated heterocycles. The average Bonchev–Trinajstić information content (AvgIpc) is 3.33. The molecule has 1 aromatic carbocycles. The van der Waals surface area contributed by atoms with Crippen LogP contribution < -0.4 is 5.73 Å². The van der Waals surface area contributed by atoms with Crippen LogP contribution in [0.2, 0.25) is 0 Å². The second-order valence-electron chi connectivity index (χ2n) is 6.39. The van der Waals surface area contributed by atoms with E-state index < -0.39 is 23.7 Å². The molecule has 29 heavy (non-hydrogen) atoms. The lowest BCUT2D eigenvalue weighted by molar-refractivity contribution is -0.129. The molecule has 0 spiro atoms. The van der Waals surface area contributed by atoms with E-state index >= 15 is 4.39 Å². The van der Waals surface area contributed by atoms with Crippen molar-refractivity contribution in [2.45, 2.75) is 12.0 Å². The fourth-order valence-corrected chi connectivity index (χ4v) is 3.78. The van der Waals surface area contributed by atoms with Gasteiger partial charge in [-0.1, -0.05) is 0 Å². The lowest BCUT2D eigenvalue weighted by Crippen LogP contribution is -2.42. The van der Waals surface area contributed by atoms with Crippen LogP contribution in [0.3, 0.4) is 0 Å². The van der Waals surface area contributed by atoms with Crippen molar-refractivity contribution in [3.05, 3.63) is 70.1 Å². The molecule has 0 radical (unpaired) electrons. The van der Waals surface area contributed by atoms with Crippen molar-refractivity contribution in [2.75, 3.05) is 7.05 Å². The Morgan fingerprint density at radius 2 is 2.00 bits per heavy atom. The van der Waals surface area contributed by atoms with E-state index in [-0.39, 0.29) is 22.8 Å². The second-order valence-corrected chi connectivity index (χ2v) is 7.11. The number of halogens is 3. The minimum Gasteiger partial charge on any atom is -0.369 e. The molecule has 1 aliphatic heterocycles. The van der Waals surface area contributed by atoms with Gasteiger partial charge in [0.2, 0.25) is 5.54 Å². The number of thiazole rings is 1. The lowest BCUT2D eigenvalue weighted by Gasteiger charge is -2.26. The van der Waals surface area contributed by atoms with E-state index in [9.17, 15) is 13.6 Å². The Morgan fingerprint density at radius 1 is 1.21 bits per heavy atom. The molecule has 0 saturated carbocycles. The van der Waals surface area contributed by atoms with Gasteiger partial charge in [-0.3, -0.25) is 14.7 Å². The van der Waals surface area contributed by atoms with Crippen molar-refractivity contribution in [1.29, 1.82) is 0 Å². The zero-order chi connectivity index (χ0) is 20.8. The number of rotatable bonds is 4. The normalized spacial score (nSPS) is 19.1. The van der Waals surface area contributed by atoms with Gasteiger partial charge in [-0.2, -0.15) is 0 Å². The molecule has 6 nitrogen and oxygen atoms in total. The van der Waals surface area contributed by atoms with Crippen molar-refractivity contribution in [1.82, 2.24) is 14.9 Å². The van der Waals surface area contributed by atoms with E-state index in [2.05, 4.69) is 15.0 Å². The first kappa shape index (κ1) is 19.1. The molecule has 1 atom stereocenters. The van der Waals surface area contributed by atoms with Gasteiger partial charge in [-0.05, 0) is 30.3 Å².